The fourth-order valence-corrected chi connectivity index (χ4v) is 2.19. The third-order valence-corrected chi connectivity index (χ3v) is 3.36. The topological polar surface area (TPSA) is 75.3 Å². The molecule has 0 aliphatic carbocycles. The van der Waals surface area contributed by atoms with Gasteiger partial charge in [-0.05, 0) is 24.6 Å². The molecule has 0 spiro atoms. The largest absolute Gasteiger partial charge is 0.387 e. The second-order valence-corrected chi connectivity index (χ2v) is 5.14. The predicted octanol–water partition coefficient (Wildman–Crippen LogP) is 2.23. The first-order valence-corrected chi connectivity index (χ1v) is 6.86. The van der Waals surface area contributed by atoms with Crippen LogP contribution in [0.5, 0.6) is 0 Å². The van der Waals surface area contributed by atoms with E-state index in [2.05, 4.69) is 20.4 Å². The van der Waals surface area contributed by atoms with Gasteiger partial charge in [0.1, 0.15) is 12.1 Å². The summed E-state index contributed by atoms with van der Waals surface area (Å²) in [5.41, 5.74) is 1.63. The Morgan fingerprint density at radius 3 is 2.86 bits per heavy atom. The van der Waals surface area contributed by atoms with Gasteiger partial charge in [-0.3, -0.25) is 0 Å². The van der Waals surface area contributed by atoms with Crippen LogP contribution in [0.1, 0.15) is 17.4 Å². The lowest BCUT2D eigenvalue weighted by Crippen LogP contribution is -2.15. The van der Waals surface area contributed by atoms with Gasteiger partial charge in [0.05, 0.1) is 6.10 Å². The Kier molecular flexibility index (Phi) is 3.72. The molecule has 3 rings (SSSR count). The normalized spacial score (nSPS) is 12.5. The number of aromatic nitrogens is 4. The summed E-state index contributed by atoms with van der Waals surface area (Å²) in [6.07, 6.45) is 0.803. The maximum absolute atomic E-state index is 10.2. The lowest BCUT2D eigenvalue weighted by molar-refractivity contribution is 0.191. The van der Waals surface area contributed by atoms with Gasteiger partial charge in [0, 0.05) is 23.3 Å². The smallest absolute Gasteiger partial charge is 0.254 e. The lowest BCUT2D eigenvalue weighted by atomic mass is 10.1. The number of anilines is 1. The van der Waals surface area contributed by atoms with E-state index in [0.29, 0.717) is 17.3 Å². The quantitative estimate of drug-likeness (QED) is 0.773. The Morgan fingerprint density at radius 1 is 1.33 bits per heavy atom. The molecular weight excluding hydrogens is 290 g/mol. The van der Waals surface area contributed by atoms with Crippen molar-refractivity contribution in [1.82, 2.24) is 19.6 Å². The maximum Gasteiger partial charge on any atom is 0.254 e. The van der Waals surface area contributed by atoms with Crippen molar-refractivity contribution in [3.63, 3.8) is 0 Å². The summed E-state index contributed by atoms with van der Waals surface area (Å²) in [6.45, 7) is 2.23. The number of aryl methyl sites for hydroxylation is 1. The number of fused-ring (bicyclic) bond motifs is 1. The van der Waals surface area contributed by atoms with Crippen LogP contribution in [0, 0.1) is 6.92 Å². The number of aliphatic hydroxyl groups is 1. The number of rotatable bonds is 4. The fraction of sp³-hybridized carbons (Fsp3) is 0.214. The molecule has 2 N–H and O–H groups in total. The molecule has 0 radical (unpaired) electrons. The standard InChI is InChI=1S/C14H14ClN5O/c1-9-6-13(20-14(19-9)17-8-18-20)16-7-12(21)10-2-4-11(15)5-3-10/h2-6,8,12,16,21H,7H2,1H3. The maximum atomic E-state index is 10.2. The number of nitrogens with zero attached hydrogens (tertiary/aromatic N) is 4. The summed E-state index contributed by atoms with van der Waals surface area (Å²) in [5.74, 6) is 1.27. The molecule has 1 unspecified atom stereocenters. The van der Waals surface area contributed by atoms with Crippen LogP contribution in [0.2, 0.25) is 5.02 Å². The average Bonchev–Trinajstić information content (AvgIpc) is 2.93. The summed E-state index contributed by atoms with van der Waals surface area (Å²) < 4.78 is 1.60. The van der Waals surface area contributed by atoms with Gasteiger partial charge in [-0.15, -0.1) is 0 Å². The molecule has 0 amide bonds. The summed E-state index contributed by atoms with van der Waals surface area (Å²) in [6, 6.07) is 8.98. The molecular formula is C14H14ClN5O. The Bertz CT molecular complexity index is 756. The van der Waals surface area contributed by atoms with E-state index >= 15 is 0 Å². The van der Waals surface area contributed by atoms with E-state index in [0.717, 1.165) is 17.1 Å². The van der Waals surface area contributed by atoms with Crippen LogP contribution in [-0.2, 0) is 0 Å². The van der Waals surface area contributed by atoms with Gasteiger partial charge in [-0.25, -0.2) is 4.98 Å². The van der Waals surface area contributed by atoms with Gasteiger partial charge in [0.15, 0.2) is 0 Å². The van der Waals surface area contributed by atoms with E-state index < -0.39 is 6.10 Å². The molecule has 7 heteroatoms. The zero-order valence-electron chi connectivity index (χ0n) is 11.4. The van der Waals surface area contributed by atoms with E-state index in [-0.39, 0.29) is 0 Å². The SMILES string of the molecule is Cc1cc(NCC(O)c2ccc(Cl)cc2)n2ncnc2n1. The summed E-state index contributed by atoms with van der Waals surface area (Å²) in [7, 11) is 0. The Labute approximate surface area is 126 Å². The third kappa shape index (κ3) is 2.96. The molecule has 0 bridgehead atoms. The number of hydrogen-bond donors (Lipinski definition) is 2. The highest BCUT2D eigenvalue weighted by atomic mass is 35.5. The minimum atomic E-state index is -0.644. The minimum Gasteiger partial charge on any atom is -0.387 e. The average molecular weight is 304 g/mol. The molecule has 21 heavy (non-hydrogen) atoms. The van der Waals surface area contributed by atoms with Crippen LogP contribution in [0.15, 0.2) is 36.7 Å². The number of hydrogen-bond acceptors (Lipinski definition) is 5. The van der Waals surface area contributed by atoms with E-state index in [1.807, 2.05) is 13.0 Å². The monoisotopic (exact) mass is 303 g/mol. The third-order valence-electron chi connectivity index (χ3n) is 3.11. The molecule has 0 aliphatic heterocycles. The fourth-order valence-electron chi connectivity index (χ4n) is 2.06. The van der Waals surface area contributed by atoms with E-state index in [1.54, 1.807) is 28.8 Å². The van der Waals surface area contributed by atoms with Crippen molar-refractivity contribution in [2.45, 2.75) is 13.0 Å². The number of benzene rings is 1. The molecule has 1 aromatic carbocycles. The van der Waals surface area contributed by atoms with Crippen molar-refractivity contribution in [2.75, 3.05) is 11.9 Å². The van der Waals surface area contributed by atoms with E-state index in [1.165, 1.54) is 6.33 Å². The molecule has 3 aromatic rings. The van der Waals surface area contributed by atoms with Crippen LogP contribution in [0.4, 0.5) is 5.82 Å². The molecule has 0 aliphatic rings. The molecule has 6 nitrogen and oxygen atoms in total. The van der Waals surface area contributed by atoms with Gasteiger partial charge >= 0.3 is 0 Å². The Morgan fingerprint density at radius 2 is 2.10 bits per heavy atom. The summed E-state index contributed by atoms with van der Waals surface area (Å²) in [4.78, 5) is 8.32. The molecule has 108 valence electrons. The molecule has 2 aromatic heterocycles. The first-order chi connectivity index (χ1) is 10.1. The van der Waals surface area contributed by atoms with Crippen molar-refractivity contribution in [3.8, 4) is 0 Å². The highest BCUT2D eigenvalue weighted by molar-refractivity contribution is 6.30. The van der Waals surface area contributed by atoms with Crippen LogP contribution in [-0.4, -0.2) is 31.2 Å². The molecule has 0 saturated heterocycles. The van der Waals surface area contributed by atoms with Crippen molar-refractivity contribution in [3.05, 3.63) is 52.9 Å². The predicted molar refractivity (Wildman–Crippen MR) is 80.4 cm³/mol. The van der Waals surface area contributed by atoms with Crippen LogP contribution < -0.4 is 5.32 Å². The molecule has 1 atom stereocenters. The molecule has 0 saturated carbocycles. The first-order valence-electron chi connectivity index (χ1n) is 6.48. The van der Waals surface area contributed by atoms with Crippen molar-refractivity contribution < 1.29 is 5.11 Å². The van der Waals surface area contributed by atoms with Gasteiger partial charge in [-0.2, -0.15) is 14.6 Å². The highest BCUT2D eigenvalue weighted by Crippen LogP contribution is 2.18. The van der Waals surface area contributed by atoms with Crippen LogP contribution in [0.3, 0.4) is 0 Å². The Hall–Kier alpha value is -2.18. The molecule has 2 heterocycles. The van der Waals surface area contributed by atoms with Crippen LogP contribution in [0.25, 0.3) is 5.78 Å². The zero-order chi connectivity index (χ0) is 14.8. The van der Waals surface area contributed by atoms with Crippen molar-refractivity contribution in [1.29, 1.82) is 0 Å². The van der Waals surface area contributed by atoms with Gasteiger partial charge < -0.3 is 10.4 Å². The van der Waals surface area contributed by atoms with Crippen molar-refractivity contribution >= 4 is 23.2 Å². The highest BCUT2D eigenvalue weighted by Gasteiger charge is 2.10. The van der Waals surface area contributed by atoms with E-state index in [4.69, 9.17) is 11.6 Å². The summed E-state index contributed by atoms with van der Waals surface area (Å²) >= 11 is 5.84. The summed E-state index contributed by atoms with van der Waals surface area (Å²) in [5, 5.41) is 18.1. The number of halogens is 1. The van der Waals surface area contributed by atoms with Gasteiger partial charge in [0.2, 0.25) is 0 Å². The van der Waals surface area contributed by atoms with Gasteiger partial charge in [-0.1, -0.05) is 23.7 Å². The first kappa shape index (κ1) is 13.8. The van der Waals surface area contributed by atoms with Gasteiger partial charge in [0.25, 0.3) is 5.78 Å². The second kappa shape index (κ2) is 5.67. The minimum absolute atomic E-state index is 0.347. The Balaban J connectivity index is 1.77. The van der Waals surface area contributed by atoms with E-state index in [9.17, 15) is 5.11 Å². The number of aliphatic hydroxyl groups excluding tert-OH is 1. The second-order valence-electron chi connectivity index (χ2n) is 4.70. The molecule has 0 fully saturated rings. The van der Waals surface area contributed by atoms with Crippen molar-refractivity contribution in [2.24, 2.45) is 0 Å². The number of nitrogens with one attached hydrogen (secondary N) is 1. The zero-order valence-corrected chi connectivity index (χ0v) is 12.1. The van der Waals surface area contributed by atoms with Crippen LogP contribution >= 0.6 is 11.6 Å². The lowest BCUT2D eigenvalue weighted by Gasteiger charge is -2.14.